The summed E-state index contributed by atoms with van der Waals surface area (Å²) in [6.07, 6.45) is 4.35. The fourth-order valence-electron chi connectivity index (χ4n) is 1.84. The van der Waals surface area contributed by atoms with Crippen LogP contribution in [-0.2, 0) is 0 Å². The summed E-state index contributed by atoms with van der Waals surface area (Å²) in [5.74, 6) is 0. The zero-order valence-electron chi connectivity index (χ0n) is 8.72. The van der Waals surface area contributed by atoms with Crippen molar-refractivity contribution in [1.29, 1.82) is 0 Å². The monoisotopic (exact) mass is 252 g/mol. The Kier molecular flexibility index (Phi) is 2.53. The van der Waals surface area contributed by atoms with E-state index in [-0.39, 0.29) is 0 Å². The third-order valence-corrected chi connectivity index (χ3v) is 4.40. The molecule has 4 nitrogen and oxygen atoms in total. The van der Waals surface area contributed by atoms with Crippen LogP contribution in [0.25, 0.3) is 10.6 Å². The predicted molar refractivity (Wildman–Crippen MR) is 69.1 cm³/mol. The average molecular weight is 252 g/mol. The summed E-state index contributed by atoms with van der Waals surface area (Å²) in [6.45, 7) is 2.27. The molecule has 2 N–H and O–H groups in total. The van der Waals surface area contributed by atoms with Crippen LogP contribution in [0.2, 0.25) is 0 Å². The van der Waals surface area contributed by atoms with Crippen molar-refractivity contribution in [3.8, 4) is 10.6 Å². The summed E-state index contributed by atoms with van der Waals surface area (Å²) < 4.78 is 0. The van der Waals surface area contributed by atoms with Gasteiger partial charge in [0.25, 0.3) is 0 Å². The molecule has 0 amide bonds. The summed E-state index contributed by atoms with van der Waals surface area (Å²) >= 11 is 3.19. The topological polar surface area (TPSA) is 55.0 Å². The fourth-order valence-corrected chi connectivity index (χ4v) is 3.44. The molecule has 2 aromatic rings. The first kappa shape index (κ1) is 10.0. The minimum absolute atomic E-state index is 0.603. The molecule has 1 fully saturated rings. The summed E-state index contributed by atoms with van der Waals surface area (Å²) in [6, 6.07) is 0. The lowest BCUT2D eigenvalue weighted by Gasteiger charge is -2.11. The largest absolute Gasteiger partial charge is 0.375 e. The average Bonchev–Trinajstić information content (AvgIpc) is 2.97. The minimum atomic E-state index is 0.603. The van der Waals surface area contributed by atoms with E-state index in [1.165, 1.54) is 24.2 Å². The number of aromatic nitrogens is 2. The van der Waals surface area contributed by atoms with Gasteiger partial charge in [0.05, 0.1) is 10.6 Å². The Morgan fingerprint density at radius 3 is 2.81 bits per heavy atom. The second-order valence-electron chi connectivity index (χ2n) is 3.77. The molecule has 0 radical (unpaired) electrons. The molecule has 16 heavy (non-hydrogen) atoms. The van der Waals surface area contributed by atoms with Crippen molar-refractivity contribution in [1.82, 2.24) is 9.97 Å². The molecule has 2 aromatic heterocycles. The van der Waals surface area contributed by atoms with Crippen molar-refractivity contribution in [2.45, 2.75) is 12.8 Å². The molecule has 0 atom stereocenters. The number of nitrogens with two attached hydrogens (primary N) is 1. The molecule has 6 heteroatoms. The molecular formula is C10H12N4S2. The predicted octanol–water partition coefficient (Wildman–Crippen LogP) is 2.45. The summed E-state index contributed by atoms with van der Waals surface area (Å²) in [5, 5.41) is 3.81. The maximum Gasteiger partial charge on any atom is 0.185 e. The number of anilines is 2. The molecule has 3 heterocycles. The highest BCUT2D eigenvalue weighted by Crippen LogP contribution is 2.32. The third-order valence-electron chi connectivity index (χ3n) is 2.64. The van der Waals surface area contributed by atoms with Crippen LogP contribution in [-0.4, -0.2) is 23.1 Å². The van der Waals surface area contributed by atoms with Gasteiger partial charge in [-0.2, -0.15) is 0 Å². The Balaban J connectivity index is 1.87. The van der Waals surface area contributed by atoms with E-state index in [2.05, 4.69) is 20.2 Å². The van der Waals surface area contributed by atoms with Gasteiger partial charge in [-0.1, -0.05) is 11.3 Å². The van der Waals surface area contributed by atoms with Crippen LogP contribution in [0.15, 0.2) is 11.6 Å². The van der Waals surface area contributed by atoms with Crippen molar-refractivity contribution in [3.63, 3.8) is 0 Å². The molecule has 1 aliphatic heterocycles. The molecule has 0 bridgehead atoms. The van der Waals surface area contributed by atoms with Crippen LogP contribution in [0.5, 0.6) is 0 Å². The van der Waals surface area contributed by atoms with Gasteiger partial charge in [0.15, 0.2) is 10.3 Å². The van der Waals surface area contributed by atoms with E-state index < -0.39 is 0 Å². The SMILES string of the molecule is Nc1ncc(-c2csc(N3CCCC3)n2)s1. The standard InChI is InChI=1S/C10H12N4S2/c11-9-12-5-8(16-9)7-6-15-10(13-7)14-3-1-2-4-14/h5-6H,1-4H2,(H2,11,12). The smallest absolute Gasteiger partial charge is 0.185 e. The molecule has 0 aliphatic carbocycles. The normalized spacial score (nSPS) is 15.9. The first-order valence-electron chi connectivity index (χ1n) is 5.25. The second-order valence-corrected chi connectivity index (χ2v) is 5.67. The highest BCUT2D eigenvalue weighted by Gasteiger charge is 2.16. The van der Waals surface area contributed by atoms with Crippen molar-refractivity contribution < 1.29 is 0 Å². The quantitative estimate of drug-likeness (QED) is 0.892. The zero-order valence-corrected chi connectivity index (χ0v) is 10.4. The number of hydrogen-bond acceptors (Lipinski definition) is 6. The Hall–Kier alpha value is -1.14. The Morgan fingerprint density at radius 2 is 2.12 bits per heavy atom. The minimum Gasteiger partial charge on any atom is -0.375 e. The van der Waals surface area contributed by atoms with Gasteiger partial charge in [-0.25, -0.2) is 9.97 Å². The lowest BCUT2D eigenvalue weighted by atomic mass is 10.4. The third kappa shape index (κ3) is 1.78. The molecular weight excluding hydrogens is 240 g/mol. The van der Waals surface area contributed by atoms with E-state index in [0.29, 0.717) is 5.13 Å². The fraction of sp³-hybridized carbons (Fsp3) is 0.400. The maximum atomic E-state index is 5.62. The molecule has 1 aliphatic rings. The number of hydrogen-bond donors (Lipinski definition) is 1. The van der Waals surface area contributed by atoms with Crippen LogP contribution in [0.4, 0.5) is 10.3 Å². The zero-order chi connectivity index (χ0) is 11.0. The van der Waals surface area contributed by atoms with Crippen LogP contribution in [0.3, 0.4) is 0 Å². The summed E-state index contributed by atoms with van der Waals surface area (Å²) in [5.41, 5.74) is 6.62. The highest BCUT2D eigenvalue weighted by atomic mass is 32.1. The highest BCUT2D eigenvalue weighted by molar-refractivity contribution is 7.19. The van der Waals surface area contributed by atoms with Crippen molar-refractivity contribution in [3.05, 3.63) is 11.6 Å². The molecule has 0 spiro atoms. The van der Waals surface area contributed by atoms with Crippen LogP contribution in [0.1, 0.15) is 12.8 Å². The molecule has 3 rings (SSSR count). The van der Waals surface area contributed by atoms with E-state index in [1.54, 1.807) is 17.5 Å². The molecule has 0 aromatic carbocycles. The van der Waals surface area contributed by atoms with Gasteiger partial charge in [0.1, 0.15) is 0 Å². The van der Waals surface area contributed by atoms with Gasteiger partial charge in [0.2, 0.25) is 0 Å². The van der Waals surface area contributed by atoms with Gasteiger partial charge < -0.3 is 10.6 Å². The summed E-state index contributed by atoms with van der Waals surface area (Å²) in [7, 11) is 0. The molecule has 0 saturated carbocycles. The van der Waals surface area contributed by atoms with Gasteiger partial charge in [0, 0.05) is 24.7 Å². The van der Waals surface area contributed by atoms with E-state index >= 15 is 0 Å². The van der Waals surface area contributed by atoms with Gasteiger partial charge >= 0.3 is 0 Å². The Labute approximate surface area is 102 Å². The Bertz CT molecular complexity index is 484. The number of rotatable bonds is 2. The maximum absolute atomic E-state index is 5.62. The molecule has 0 unspecified atom stereocenters. The first-order valence-corrected chi connectivity index (χ1v) is 6.95. The first-order chi connectivity index (χ1) is 7.83. The molecule has 1 saturated heterocycles. The van der Waals surface area contributed by atoms with Crippen molar-refractivity contribution in [2.75, 3.05) is 23.7 Å². The van der Waals surface area contributed by atoms with Gasteiger partial charge in [-0.05, 0) is 12.8 Å². The van der Waals surface area contributed by atoms with Crippen molar-refractivity contribution in [2.24, 2.45) is 0 Å². The van der Waals surface area contributed by atoms with E-state index in [4.69, 9.17) is 5.73 Å². The number of nitrogens with zero attached hydrogens (tertiary/aromatic N) is 3. The van der Waals surface area contributed by atoms with E-state index in [1.807, 2.05) is 0 Å². The lowest BCUT2D eigenvalue weighted by Crippen LogP contribution is -2.16. The van der Waals surface area contributed by atoms with Crippen molar-refractivity contribution >= 4 is 32.9 Å². The molecule has 84 valence electrons. The van der Waals surface area contributed by atoms with Gasteiger partial charge in [-0.15, -0.1) is 11.3 Å². The van der Waals surface area contributed by atoms with Crippen LogP contribution >= 0.6 is 22.7 Å². The van der Waals surface area contributed by atoms with Gasteiger partial charge in [-0.3, -0.25) is 0 Å². The van der Waals surface area contributed by atoms with Crippen LogP contribution < -0.4 is 10.6 Å². The number of thiazole rings is 2. The Morgan fingerprint density at radius 1 is 1.31 bits per heavy atom. The number of nitrogen functional groups attached to an aromatic ring is 1. The van der Waals surface area contributed by atoms with Crippen LogP contribution in [0, 0.1) is 0 Å². The van der Waals surface area contributed by atoms with E-state index in [9.17, 15) is 0 Å². The van der Waals surface area contributed by atoms with E-state index in [0.717, 1.165) is 28.8 Å². The second kappa shape index (κ2) is 4.03. The lowest BCUT2D eigenvalue weighted by molar-refractivity contribution is 0.949. The summed E-state index contributed by atoms with van der Waals surface area (Å²) in [4.78, 5) is 12.1.